The number of hydrogen-bond donors (Lipinski definition) is 1. The third kappa shape index (κ3) is 1.54. The van der Waals surface area contributed by atoms with E-state index >= 15 is 0 Å². The van der Waals surface area contributed by atoms with Gasteiger partial charge in [0.15, 0.2) is 0 Å². The third-order valence-corrected chi connectivity index (χ3v) is 2.79. The monoisotopic (exact) mass is 231 g/mol. The van der Waals surface area contributed by atoms with Crippen LogP contribution in [0.15, 0.2) is 4.60 Å². The highest BCUT2D eigenvalue weighted by atomic mass is 79.9. The molecule has 0 fully saturated rings. The van der Waals surface area contributed by atoms with Crippen LogP contribution in [0.2, 0.25) is 0 Å². The number of halogens is 1. The van der Waals surface area contributed by atoms with E-state index in [0.717, 1.165) is 4.60 Å². The van der Waals surface area contributed by atoms with Crippen LogP contribution in [0, 0.1) is 6.92 Å². The van der Waals surface area contributed by atoms with Gasteiger partial charge in [0.25, 0.3) is 0 Å². The van der Waals surface area contributed by atoms with Crippen LogP contribution in [-0.2, 0) is 7.05 Å². The summed E-state index contributed by atoms with van der Waals surface area (Å²) in [7, 11) is 3.90. The lowest BCUT2D eigenvalue weighted by Gasteiger charge is -2.09. The zero-order valence-electron chi connectivity index (χ0n) is 7.85. The molecule has 1 atom stereocenters. The van der Waals surface area contributed by atoms with E-state index in [1.807, 2.05) is 18.8 Å². The molecule has 1 rings (SSSR count). The van der Waals surface area contributed by atoms with Gasteiger partial charge in [-0.2, -0.15) is 5.10 Å². The van der Waals surface area contributed by atoms with Gasteiger partial charge in [-0.1, -0.05) is 0 Å². The Bertz CT molecular complexity index is 280. The number of aromatic nitrogens is 2. The highest BCUT2D eigenvalue weighted by Gasteiger charge is 2.15. The molecule has 1 unspecified atom stereocenters. The molecule has 3 nitrogen and oxygen atoms in total. The lowest BCUT2D eigenvalue weighted by Crippen LogP contribution is -2.13. The SMILES string of the molecule is CNC(C)c1c(Br)nn(C)c1C. The van der Waals surface area contributed by atoms with E-state index in [4.69, 9.17) is 0 Å². The van der Waals surface area contributed by atoms with Gasteiger partial charge in [-0.25, -0.2) is 0 Å². The molecule has 0 aromatic carbocycles. The van der Waals surface area contributed by atoms with Crippen molar-refractivity contribution in [3.05, 3.63) is 15.9 Å². The van der Waals surface area contributed by atoms with Crippen LogP contribution in [-0.4, -0.2) is 16.8 Å². The minimum Gasteiger partial charge on any atom is -0.313 e. The maximum absolute atomic E-state index is 4.27. The first kappa shape index (κ1) is 9.74. The Morgan fingerprint density at radius 3 is 2.50 bits per heavy atom. The van der Waals surface area contributed by atoms with Crippen LogP contribution in [0.25, 0.3) is 0 Å². The Hall–Kier alpha value is -0.350. The first-order chi connectivity index (χ1) is 5.57. The molecular formula is C8H14BrN3. The summed E-state index contributed by atoms with van der Waals surface area (Å²) in [6, 6.07) is 0.341. The molecule has 0 saturated carbocycles. The molecule has 1 aromatic rings. The first-order valence-electron chi connectivity index (χ1n) is 3.94. The molecule has 1 N–H and O–H groups in total. The number of nitrogens with one attached hydrogen (secondary N) is 1. The van der Waals surface area contributed by atoms with Crippen molar-refractivity contribution in [1.82, 2.24) is 15.1 Å². The zero-order valence-corrected chi connectivity index (χ0v) is 9.44. The number of rotatable bonds is 2. The largest absolute Gasteiger partial charge is 0.313 e. The van der Waals surface area contributed by atoms with E-state index in [1.165, 1.54) is 11.3 Å². The van der Waals surface area contributed by atoms with Crippen molar-refractivity contribution in [2.45, 2.75) is 19.9 Å². The van der Waals surface area contributed by atoms with Crippen molar-refractivity contribution in [3.8, 4) is 0 Å². The molecule has 0 spiro atoms. The molecule has 0 bridgehead atoms. The maximum Gasteiger partial charge on any atom is 0.133 e. The second-order valence-corrected chi connectivity index (χ2v) is 3.68. The summed E-state index contributed by atoms with van der Waals surface area (Å²) in [5, 5.41) is 7.47. The highest BCUT2D eigenvalue weighted by Crippen LogP contribution is 2.24. The average molecular weight is 232 g/mol. The Morgan fingerprint density at radius 1 is 1.58 bits per heavy atom. The lowest BCUT2D eigenvalue weighted by atomic mass is 10.1. The number of nitrogens with zero attached hydrogens (tertiary/aromatic N) is 2. The molecule has 0 aliphatic carbocycles. The second kappa shape index (κ2) is 3.58. The summed E-state index contributed by atoms with van der Waals surface area (Å²) >= 11 is 3.44. The quantitative estimate of drug-likeness (QED) is 0.842. The van der Waals surface area contributed by atoms with E-state index in [0.29, 0.717) is 6.04 Å². The molecule has 4 heteroatoms. The fourth-order valence-electron chi connectivity index (χ4n) is 1.22. The van der Waals surface area contributed by atoms with Gasteiger partial charge >= 0.3 is 0 Å². The van der Waals surface area contributed by atoms with Gasteiger partial charge in [0.05, 0.1) is 0 Å². The lowest BCUT2D eigenvalue weighted by molar-refractivity contribution is 0.642. The molecule has 1 heterocycles. The van der Waals surface area contributed by atoms with Crippen molar-refractivity contribution in [2.24, 2.45) is 7.05 Å². The Balaban J connectivity index is 3.13. The molecule has 68 valence electrons. The zero-order chi connectivity index (χ0) is 9.30. The predicted molar refractivity (Wildman–Crippen MR) is 53.1 cm³/mol. The van der Waals surface area contributed by atoms with Crippen molar-refractivity contribution < 1.29 is 0 Å². The molecule has 0 aliphatic rings. The Kier molecular flexibility index (Phi) is 2.90. The molecule has 0 saturated heterocycles. The fourth-order valence-corrected chi connectivity index (χ4v) is 2.09. The minimum atomic E-state index is 0.341. The van der Waals surface area contributed by atoms with E-state index in [-0.39, 0.29) is 0 Å². The van der Waals surface area contributed by atoms with Crippen LogP contribution in [0.4, 0.5) is 0 Å². The van der Waals surface area contributed by atoms with Crippen LogP contribution in [0.3, 0.4) is 0 Å². The van der Waals surface area contributed by atoms with Gasteiger partial charge in [0, 0.05) is 24.3 Å². The molecule has 0 amide bonds. The number of aryl methyl sites for hydroxylation is 1. The smallest absolute Gasteiger partial charge is 0.133 e. The summed E-state index contributed by atoms with van der Waals surface area (Å²) in [5.74, 6) is 0. The Morgan fingerprint density at radius 2 is 2.17 bits per heavy atom. The standard InChI is InChI=1S/C8H14BrN3/c1-5(10-3)7-6(2)12(4)11-8(7)9/h5,10H,1-4H3. The molecule has 0 aliphatic heterocycles. The molecule has 12 heavy (non-hydrogen) atoms. The fraction of sp³-hybridized carbons (Fsp3) is 0.625. The number of hydrogen-bond acceptors (Lipinski definition) is 2. The van der Waals surface area contributed by atoms with Crippen molar-refractivity contribution in [3.63, 3.8) is 0 Å². The van der Waals surface area contributed by atoms with Gasteiger partial charge in [-0.05, 0) is 36.8 Å². The average Bonchev–Trinajstić information content (AvgIpc) is 2.26. The van der Waals surface area contributed by atoms with E-state index in [9.17, 15) is 0 Å². The van der Waals surface area contributed by atoms with E-state index in [1.54, 1.807) is 0 Å². The molecular weight excluding hydrogens is 218 g/mol. The topological polar surface area (TPSA) is 29.9 Å². The van der Waals surface area contributed by atoms with E-state index < -0.39 is 0 Å². The second-order valence-electron chi connectivity index (χ2n) is 2.92. The first-order valence-corrected chi connectivity index (χ1v) is 4.73. The minimum absolute atomic E-state index is 0.341. The predicted octanol–water partition coefficient (Wildman–Crippen LogP) is 1.77. The normalized spacial score (nSPS) is 13.4. The summed E-state index contributed by atoms with van der Waals surface area (Å²) in [6.45, 7) is 4.19. The third-order valence-electron chi connectivity index (χ3n) is 2.20. The van der Waals surface area contributed by atoms with Gasteiger partial charge in [0.1, 0.15) is 4.60 Å². The summed E-state index contributed by atoms with van der Waals surface area (Å²) in [6.07, 6.45) is 0. The van der Waals surface area contributed by atoms with Gasteiger partial charge in [-0.3, -0.25) is 4.68 Å². The molecule has 1 aromatic heterocycles. The van der Waals surface area contributed by atoms with Crippen LogP contribution in [0.1, 0.15) is 24.2 Å². The van der Waals surface area contributed by atoms with Crippen LogP contribution < -0.4 is 5.32 Å². The molecule has 0 radical (unpaired) electrons. The van der Waals surface area contributed by atoms with Crippen molar-refractivity contribution in [2.75, 3.05) is 7.05 Å². The van der Waals surface area contributed by atoms with Crippen molar-refractivity contribution in [1.29, 1.82) is 0 Å². The highest BCUT2D eigenvalue weighted by molar-refractivity contribution is 9.10. The van der Waals surface area contributed by atoms with Gasteiger partial charge in [-0.15, -0.1) is 0 Å². The van der Waals surface area contributed by atoms with E-state index in [2.05, 4.69) is 40.2 Å². The van der Waals surface area contributed by atoms with Gasteiger partial charge in [0.2, 0.25) is 0 Å². The maximum atomic E-state index is 4.27. The van der Waals surface area contributed by atoms with Crippen LogP contribution >= 0.6 is 15.9 Å². The van der Waals surface area contributed by atoms with Crippen molar-refractivity contribution >= 4 is 15.9 Å². The summed E-state index contributed by atoms with van der Waals surface area (Å²) < 4.78 is 2.82. The van der Waals surface area contributed by atoms with Crippen LogP contribution in [0.5, 0.6) is 0 Å². The summed E-state index contributed by atoms with van der Waals surface area (Å²) in [4.78, 5) is 0. The van der Waals surface area contributed by atoms with Gasteiger partial charge < -0.3 is 5.32 Å². The Labute approximate surface area is 81.3 Å². The summed E-state index contributed by atoms with van der Waals surface area (Å²) in [5.41, 5.74) is 2.43.